The van der Waals surface area contributed by atoms with Crippen molar-refractivity contribution in [2.45, 2.75) is 45.1 Å². The lowest BCUT2D eigenvalue weighted by molar-refractivity contribution is 0.318. The van der Waals surface area contributed by atoms with E-state index < -0.39 is 0 Å². The number of para-hydroxylation sites is 1. The summed E-state index contributed by atoms with van der Waals surface area (Å²) in [6, 6.07) is 9.49. The summed E-state index contributed by atoms with van der Waals surface area (Å²) in [6.07, 6.45) is 9.27. The maximum Gasteiger partial charge on any atom is 0.206 e. The van der Waals surface area contributed by atoms with Gasteiger partial charge in [-0.15, -0.1) is 11.3 Å². The van der Waals surface area contributed by atoms with Crippen LogP contribution in [0, 0.1) is 0 Å². The van der Waals surface area contributed by atoms with Crippen molar-refractivity contribution in [3.8, 4) is 23.0 Å². The molecule has 0 aliphatic heterocycles. The van der Waals surface area contributed by atoms with Crippen LogP contribution in [-0.4, -0.2) is 28.6 Å². The Balaban J connectivity index is 1.73. The van der Waals surface area contributed by atoms with E-state index >= 15 is 0 Å². The molecule has 152 valence electrons. The van der Waals surface area contributed by atoms with Gasteiger partial charge in [-0.2, -0.15) is 5.10 Å². The number of phenols is 1. The van der Waals surface area contributed by atoms with Gasteiger partial charge in [-0.1, -0.05) is 25.3 Å². The molecule has 0 spiro atoms. The third kappa shape index (κ3) is 4.45. The number of nitrogens with zero attached hydrogens (tertiary/aromatic N) is 3. The largest absolute Gasteiger partial charge is 0.504 e. The van der Waals surface area contributed by atoms with Gasteiger partial charge in [0.05, 0.1) is 25.1 Å². The minimum absolute atomic E-state index is 0.0826. The van der Waals surface area contributed by atoms with Crippen molar-refractivity contribution < 1.29 is 14.3 Å². The van der Waals surface area contributed by atoms with Gasteiger partial charge >= 0.3 is 0 Å². The minimum atomic E-state index is 0.0826. The molecule has 0 bridgehead atoms. The molecule has 1 aromatic carbocycles. The molecule has 1 fully saturated rings. The predicted molar refractivity (Wildman–Crippen MR) is 115 cm³/mol. The van der Waals surface area contributed by atoms with Gasteiger partial charge in [0.1, 0.15) is 5.69 Å². The summed E-state index contributed by atoms with van der Waals surface area (Å²) in [5.74, 6) is 1.26. The maximum atomic E-state index is 10.5. The topological polar surface area (TPSA) is 72.2 Å². The van der Waals surface area contributed by atoms with Crippen molar-refractivity contribution in [1.29, 1.82) is 0 Å². The number of rotatable bonds is 6. The summed E-state index contributed by atoms with van der Waals surface area (Å²) in [7, 11) is 0. The van der Waals surface area contributed by atoms with Crippen LogP contribution in [0.3, 0.4) is 0 Å². The highest BCUT2D eigenvalue weighted by atomic mass is 32.1. The van der Waals surface area contributed by atoms with Crippen LogP contribution in [-0.2, 0) is 0 Å². The highest BCUT2D eigenvalue weighted by Gasteiger charge is 2.15. The number of hydrogen-bond donors (Lipinski definition) is 1. The van der Waals surface area contributed by atoms with Crippen LogP contribution in [0.15, 0.2) is 56.5 Å². The molecule has 0 unspecified atom stereocenters. The fourth-order valence-electron chi connectivity index (χ4n) is 3.50. The van der Waals surface area contributed by atoms with E-state index in [2.05, 4.69) is 5.10 Å². The van der Waals surface area contributed by atoms with E-state index in [1.54, 1.807) is 40.6 Å². The summed E-state index contributed by atoms with van der Waals surface area (Å²) in [5, 5.41) is 17.1. The average molecular weight is 412 g/mol. The van der Waals surface area contributed by atoms with E-state index in [1.807, 2.05) is 30.5 Å². The predicted octanol–water partition coefficient (Wildman–Crippen LogP) is 5.03. The Labute approximate surface area is 173 Å². The monoisotopic (exact) mass is 411 g/mol. The van der Waals surface area contributed by atoms with Crippen LogP contribution in [0.2, 0.25) is 0 Å². The molecule has 0 amide bonds. The quantitative estimate of drug-likeness (QED) is 0.578. The van der Waals surface area contributed by atoms with E-state index in [0.717, 1.165) is 29.1 Å². The number of thiazole rings is 1. The summed E-state index contributed by atoms with van der Waals surface area (Å²) in [4.78, 5) is 5.80. The zero-order valence-electron chi connectivity index (χ0n) is 16.5. The van der Waals surface area contributed by atoms with Crippen LogP contribution >= 0.6 is 11.3 Å². The number of aromatic nitrogens is 1. The van der Waals surface area contributed by atoms with Gasteiger partial charge in [-0.25, -0.2) is 4.68 Å². The Morgan fingerprint density at radius 1 is 1.24 bits per heavy atom. The van der Waals surface area contributed by atoms with Crippen molar-refractivity contribution in [2.24, 2.45) is 10.1 Å². The number of ether oxygens (including phenoxy) is 1. The lowest BCUT2D eigenvalue weighted by Gasteiger charge is -2.16. The second kappa shape index (κ2) is 9.13. The number of benzene rings is 1. The van der Waals surface area contributed by atoms with Crippen molar-refractivity contribution in [3.05, 3.63) is 52.3 Å². The van der Waals surface area contributed by atoms with E-state index in [-0.39, 0.29) is 5.75 Å². The molecule has 29 heavy (non-hydrogen) atoms. The third-order valence-corrected chi connectivity index (χ3v) is 5.80. The Kier molecular flexibility index (Phi) is 6.14. The van der Waals surface area contributed by atoms with Gasteiger partial charge in [-0.05, 0) is 44.0 Å². The second-order valence-electron chi connectivity index (χ2n) is 6.99. The molecule has 1 N–H and O–H groups in total. The highest BCUT2D eigenvalue weighted by molar-refractivity contribution is 7.07. The van der Waals surface area contributed by atoms with E-state index in [4.69, 9.17) is 14.1 Å². The SMILES string of the molecule is CCOc1cccc(C=Nn2c(-c3ccco3)csc2=NC2CCCCC2)c1O. The molecule has 1 aliphatic rings. The molecule has 0 atom stereocenters. The molecule has 3 aromatic rings. The summed E-state index contributed by atoms with van der Waals surface area (Å²) < 4.78 is 12.9. The van der Waals surface area contributed by atoms with Gasteiger partial charge in [0, 0.05) is 10.9 Å². The molecular formula is C22H25N3O3S. The Morgan fingerprint density at radius 3 is 2.86 bits per heavy atom. The molecule has 2 heterocycles. The minimum Gasteiger partial charge on any atom is -0.504 e. The summed E-state index contributed by atoms with van der Waals surface area (Å²) >= 11 is 1.55. The summed E-state index contributed by atoms with van der Waals surface area (Å²) in [5.41, 5.74) is 1.43. The molecule has 1 aliphatic carbocycles. The molecule has 0 radical (unpaired) electrons. The van der Waals surface area contributed by atoms with Crippen molar-refractivity contribution in [3.63, 3.8) is 0 Å². The van der Waals surface area contributed by atoms with Gasteiger partial charge in [0.25, 0.3) is 0 Å². The number of hydrogen-bond acceptors (Lipinski definition) is 6. The first-order chi connectivity index (χ1) is 14.3. The van der Waals surface area contributed by atoms with Gasteiger partial charge in [0.15, 0.2) is 17.3 Å². The zero-order chi connectivity index (χ0) is 20.1. The van der Waals surface area contributed by atoms with Gasteiger partial charge in [0.2, 0.25) is 4.80 Å². The van der Waals surface area contributed by atoms with Crippen molar-refractivity contribution in [1.82, 2.24) is 4.68 Å². The molecule has 4 rings (SSSR count). The fraction of sp³-hybridized carbons (Fsp3) is 0.364. The highest BCUT2D eigenvalue weighted by Crippen LogP contribution is 2.29. The van der Waals surface area contributed by atoms with Crippen LogP contribution < -0.4 is 9.54 Å². The van der Waals surface area contributed by atoms with E-state index in [1.165, 1.54) is 19.3 Å². The lowest BCUT2D eigenvalue weighted by Crippen LogP contribution is -2.18. The smallest absolute Gasteiger partial charge is 0.206 e. The van der Waals surface area contributed by atoms with E-state index in [0.29, 0.717) is 24.0 Å². The van der Waals surface area contributed by atoms with Crippen molar-refractivity contribution in [2.75, 3.05) is 6.61 Å². The summed E-state index contributed by atoms with van der Waals surface area (Å²) in [6.45, 7) is 2.37. The van der Waals surface area contributed by atoms with E-state index in [9.17, 15) is 5.11 Å². The number of aromatic hydroxyl groups is 1. The standard InChI is InChI=1S/C22H25N3O3S/c1-2-27-20-11-6-8-16(21(20)26)14-23-25-18(19-12-7-13-28-19)15-29-22(25)24-17-9-4-3-5-10-17/h6-8,11-15,17,26H,2-5,9-10H2,1H3. The molecule has 6 nitrogen and oxygen atoms in total. The van der Waals surface area contributed by atoms with Gasteiger partial charge < -0.3 is 14.3 Å². The number of phenolic OH excluding ortho intramolecular Hbond substituents is 1. The maximum absolute atomic E-state index is 10.5. The lowest BCUT2D eigenvalue weighted by atomic mass is 9.96. The molecular weight excluding hydrogens is 386 g/mol. The first-order valence-corrected chi connectivity index (χ1v) is 10.9. The molecule has 1 saturated carbocycles. The Bertz CT molecular complexity index is 1030. The van der Waals surface area contributed by atoms with Crippen LogP contribution in [0.5, 0.6) is 11.5 Å². The van der Waals surface area contributed by atoms with Crippen LogP contribution in [0.25, 0.3) is 11.5 Å². The molecule has 2 aromatic heterocycles. The van der Waals surface area contributed by atoms with Gasteiger partial charge in [-0.3, -0.25) is 4.99 Å². The van der Waals surface area contributed by atoms with Crippen LogP contribution in [0.1, 0.15) is 44.6 Å². The molecule has 0 saturated heterocycles. The number of furan rings is 1. The van der Waals surface area contributed by atoms with Crippen molar-refractivity contribution >= 4 is 17.6 Å². The first kappa shape index (κ1) is 19.5. The normalized spacial score (nSPS) is 16.0. The van der Waals surface area contributed by atoms with Crippen LogP contribution in [0.4, 0.5) is 0 Å². The first-order valence-electron chi connectivity index (χ1n) is 10.0. The third-order valence-electron chi connectivity index (χ3n) is 4.97. The second-order valence-corrected chi connectivity index (χ2v) is 7.82. The Morgan fingerprint density at radius 2 is 2.10 bits per heavy atom. The zero-order valence-corrected chi connectivity index (χ0v) is 17.3. The Hall–Kier alpha value is -2.80. The fourth-order valence-corrected chi connectivity index (χ4v) is 4.38. The molecule has 7 heteroatoms. The average Bonchev–Trinajstić information content (AvgIpc) is 3.40.